The van der Waals surface area contributed by atoms with E-state index in [0.717, 1.165) is 18.9 Å². The lowest BCUT2D eigenvalue weighted by Gasteiger charge is -2.36. The predicted octanol–water partition coefficient (Wildman–Crippen LogP) is 1.38. The van der Waals surface area contributed by atoms with Gasteiger partial charge in [0.05, 0.1) is 6.54 Å². The third kappa shape index (κ3) is 2.69. The molecule has 4 heteroatoms. The second kappa shape index (κ2) is 5.19. The maximum absolute atomic E-state index is 4.33. The number of aryl methyl sites for hydroxylation is 1. The molecule has 1 aromatic rings. The molecule has 1 aliphatic carbocycles. The first-order chi connectivity index (χ1) is 8.14. The summed E-state index contributed by atoms with van der Waals surface area (Å²) in [5.41, 5.74) is 0.366. The highest BCUT2D eigenvalue weighted by atomic mass is 15.2. The molecule has 1 aliphatic rings. The standard InChI is InChI=1S/C13H24N4/c1-16(2)13(6-4-5-7-13)11-14-10-12-15-8-9-17(12)3/h8-9,14H,4-7,10-11H2,1-3H3. The molecule has 0 atom stereocenters. The molecule has 0 spiro atoms. The zero-order valence-corrected chi connectivity index (χ0v) is 11.2. The minimum Gasteiger partial charge on any atom is -0.337 e. The largest absolute Gasteiger partial charge is 0.337 e. The van der Waals surface area contributed by atoms with Gasteiger partial charge >= 0.3 is 0 Å². The molecular formula is C13H24N4. The van der Waals surface area contributed by atoms with Crippen molar-refractivity contribution in [2.24, 2.45) is 7.05 Å². The van der Waals surface area contributed by atoms with E-state index in [0.29, 0.717) is 5.54 Å². The van der Waals surface area contributed by atoms with Gasteiger partial charge in [-0.2, -0.15) is 0 Å². The zero-order valence-electron chi connectivity index (χ0n) is 11.2. The average molecular weight is 236 g/mol. The maximum Gasteiger partial charge on any atom is 0.122 e. The van der Waals surface area contributed by atoms with E-state index in [9.17, 15) is 0 Å². The zero-order chi connectivity index (χ0) is 12.3. The molecule has 0 saturated heterocycles. The van der Waals surface area contributed by atoms with E-state index in [1.165, 1.54) is 25.7 Å². The molecule has 1 aromatic heterocycles. The van der Waals surface area contributed by atoms with Crippen molar-refractivity contribution in [3.63, 3.8) is 0 Å². The van der Waals surface area contributed by atoms with Crippen LogP contribution < -0.4 is 5.32 Å². The van der Waals surface area contributed by atoms with Crippen molar-refractivity contribution in [3.05, 3.63) is 18.2 Å². The Morgan fingerprint density at radius 2 is 2.12 bits per heavy atom. The van der Waals surface area contributed by atoms with Crippen LogP contribution in [0.3, 0.4) is 0 Å². The number of hydrogen-bond donors (Lipinski definition) is 1. The van der Waals surface area contributed by atoms with E-state index in [1.54, 1.807) is 0 Å². The Kier molecular flexibility index (Phi) is 3.84. The molecule has 0 radical (unpaired) electrons. The van der Waals surface area contributed by atoms with E-state index in [-0.39, 0.29) is 0 Å². The number of nitrogens with one attached hydrogen (secondary N) is 1. The van der Waals surface area contributed by atoms with E-state index in [2.05, 4.69) is 33.9 Å². The average Bonchev–Trinajstić information content (AvgIpc) is 2.90. The second-order valence-electron chi connectivity index (χ2n) is 5.38. The van der Waals surface area contributed by atoms with Crippen LogP contribution in [0.5, 0.6) is 0 Å². The maximum atomic E-state index is 4.33. The number of nitrogens with zero attached hydrogens (tertiary/aromatic N) is 3. The molecule has 2 rings (SSSR count). The molecule has 1 saturated carbocycles. The van der Waals surface area contributed by atoms with Crippen LogP contribution in [0.1, 0.15) is 31.5 Å². The minimum atomic E-state index is 0.366. The van der Waals surface area contributed by atoms with Crippen molar-refractivity contribution in [2.75, 3.05) is 20.6 Å². The molecule has 0 aromatic carbocycles. The lowest BCUT2D eigenvalue weighted by atomic mass is 9.96. The summed E-state index contributed by atoms with van der Waals surface area (Å²) in [6, 6.07) is 0. The van der Waals surface area contributed by atoms with Crippen LogP contribution in [0.2, 0.25) is 0 Å². The second-order valence-corrected chi connectivity index (χ2v) is 5.38. The molecule has 17 heavy (non-hydrogen) atoms. The summed E-state index contributed by atoms with van der Waals surface area (Å²) in [6.07, 6.45) is 9.20. The predicted molar refractivity (Wildman–Crippen MR) is 69.8 cm³/mol. The molecule has 0 aliphatic heterocycles. The lowest BCUT2D eigenvalue weighted by Crippen LogP contribution is -2.49. The van der Waals surface area contributed by atoms with Gasteiger partial charge in [-0.25, -0.2) is 4.98 Å². The van der Waals surface area contributed by atoms with Gasteiger partial charge in [0, 0.05) is 31.5 Å². The van der Waals surface area contributed by atoms with E-state index in [4.69, 9.17) is 0 Å². The van der Waals surface area contributed by atoms with Crippen LogP contribution in [0.4, 0.5) is 0 Å². The van der Waals surface area contributed by atoms with Gasteiger partial charge in [0.25, 0.3) is 0 Å². The molecule has 0 amide bonds. The Balaban J connectivity index is 1.86. The Bertz CT molecular complexity index is 350. The molecule has 4 nitrogen and oxygen atoms in total. The highest BCUT2D eigenvalue weighted by Gasteiger charge is 2.35. The molecule has 1 N–H and O–H groups in total. The van der Waals surface area contributed by atoms with Crippen molar-refractivity contribution >= 4 is 0 Å². The van der Waals surface area contributed by atoms with E-state index in [1.807, 2.05) is 19.4 Å². The summed E-state index contributed by atoms with van der Waals surface area (Å²) in [5, 5.41) is 3.57. The van der Waals surface area contributed by atoms with Crippen LogP contribution in [0, 0.1) is 0 Å². The third-order valence-corrected chi connectivity index (χ3v) is 4.14. The Hall–Kier alpha value is -0.870. The van der Waals surface area contributed by atoms with Gasteiger partial charge in [-0.15, -0.1) is 0 Å². The fraction of sp³-hybridized carbons (Fsp3) is 0.769. The molecule has 0 unspecified atom stereocenters. The van der Waals surface area contributed by atoms with Gasteiger partial charge in [-0.05, 0) is 26.9 Å². The quantitative estimate of drug-likeness (QED) is 0.838. The number of imidazole rings is 1. The summed E-state index contributed by atoms with van der Waals surface area (Å²) in [7, 11) is 6.45. The highest BCUT2D eigenvalue weighted by Crippen LogP contribution is 2.33. The van der Waals surface area contributed by atoms with Gasteiger partial charge in [0.2, 0.25) is 0 Å². The third-order valence-electron chi connectivity index (χ3n) is 4.14. The topological polar surface area (TPSA) is 33.1 Å². The van der Waals surface area contributed by atoms with E-state index >= 15 is 0 Å². The van der Waals surface area contributed by atoms with Crippen molar-refractivity contribution in [1.29, 1.82) is 0 Å². The van der Waals surface area contributed by atoms with Gasteiger partial charge in [0.1, 0.15) is 5.82 Å². The number of aromatic nitrogens is 2. The Morgan fingerprint density at radius 1 is 1.41 bits per heavy atom. The molecular weight excluding hydrogens is 212 g/mol. The first-order valence-electron chi connectivity index (χ1n) is 6.48. The number of likely N-dealkylation sites (N-methyl/N-ethyl adjacent to an activating group) is 1. The van der Waals surface area contributed by atoms with Crippen LogP contribution in [-0.4, -0.2) is 40.6 Å². The smallest absolute Gasteiger partial charge is 0.122 e. The Labute approximate surface area is 104 Å². The molecule has 1 heterocycles. The van der Waals surface area contributed by atoms with Crippen LogP contribution in [-0.2, 0) is 13.6 Å². The number of rotatable bonds is 5. The molecule has 1 fully saturated rings. The van der Waals surface area contributed by atoms with Crippen molar-refractivity contribution in [3.8, 4) is 0 Å². The van der Waals surface area contributed by atoms with Gasteiger partial charge in [-0.1, -0.05) is 12.8 Å². The van der Waals surface area contributed by atoms with Gasteiger partial charge < -0.3 is 14.8 Å². The summed E-state index contributed by atoms with van der Waals surface area (Å²) >= 11 is 0. The van der Waals surface area contributed by atoms with Crippen LogP contribution >= 0.6 is 0 Å². The summed E-state index contributed by atoms with van der Waals surface area (Å²) in [6.45, 7) is 1.92. The highest BCUT2D eigenvalue weighted by molar-refractivity contribution is 4.96. The Morgan fingerprint density at radius 3 is 2.65 bits per heavy atom. The summed E-state index contributed by atoms with van der Waals surface area (Å²) in [5.74, 6) is 1.11. The molecule has 0 bridgehead atoms. The van der Waals surface area contributed by atoms with Crippen LogP contribution in [0.15, 0.2) is 12.4 Å². The fourth-order valence-electron chi connectivity index (χ4n) is 2.79. The van der Waals surface area contributed by atoms with Gasteiger partial charge in [0.15, 0.2) is 0 Å². The normalized spacial score (nSPS) is 19.1. The summed E-state index contributed by atoms with van der Waals surface area (Å²) in [4.78, 5) is 6.73. The molecule has 96 valence electrons. The minimum absolute atomic E-state index is 0.366. The van der Waals surface area contributed by atoms with Crippen molar-refractivity contribution < 1.29 is 0 Å². The summed E-state index contributed by atoms with van der Waals surface area (Å²) < 4.78 is 2.07. The number of hydrogen-bond acceptors (Lipinski definition) is 3. The first-order valence-corrected chi connectivity index (χ1v) is 6.48. The van der Waals surface area contributed by atoms with Gasteiger partial charge in [-0.3, -0.25) is 0 Å². The van der Waals surface area contributed by atoms with E-state index < -0.39 is 0 Å². The fourth-order valence-corrected chi connectivity index (χ4v) is 2.79. The van der Waals surface area contributed by atoms with Crippen molar-refractivity contribution in [2.45, 2.75) is 37.8 Å². The lowest BCUT2D eigenvalue weighted by molar-refractivity contribution is 0.153. The van der Waals surface area contributed by atoms with Crippen LogP contribution in [0.25, 0.3) is 0 Å². The van der Waals surface area contributed by atoms with Crippen molar-refractivity contribution in [1.82, 2.24) is 19.8 Å². The SMILES string of the molecule is CN(C)C1(CNCc2nccn2C)CCCC1. The first kappa shape index (κ1) is 12.6. The monoisotopic (exact) mass is 236 g/mol.